The quantitative estimate of drug-likeness (QED) is 0.434. The van der Waals surface area contributed by atoms with Gasteiger partial charge in [0.15, 0.2) is 5.16 Å². The third kappa shape index (κ3) is 5.35. The zero-order chi connectivity index (χ0) is 21.0. The van der Waals surface area contributed by atoms with Crippen molar-refractivity contribution in [2.75, 3.05) is 5.32 Å². The molecule has 0 saturated carbocycles. The van der Waals surface area contributed by atoms with Crippen LogP contribution in [0.25, 0.3) is 11.3 Å². The first-order valence-corrected chi connectivity index (χ1v) is 9.67. The van der Waals surface area contributed by atoms with E-state index in [1.54, 1.807) is 6.92 Å². The Morgan fingerprint density at radius 1 is 1.03 bits per heavy atom. The van der Waals surface area contributed by atoms with Gasteiger partial charge in [0.05, 0.1) is 22.2 Å². The van der Waals surface area contributed by atoms with Gasteiger partial charge in [-0.2, -0.15) is 13.2 Å². The number of anilines is 1. The van der Waals surface area contributed by atoms with Crippen LogP contribution in [-0.4, -0.2) is 21.1 Å². The molecule has 0 fully saturated rings. The third-order valence-electron chi connectivity index (χ3n) is 4.04. The van der Waals surface area contributed by atoms with Crippen LogP contribution >= 0.6 is 11.8 Å². The molecule has 0 aliphatic rings. The number of thioether (sulfide) groups is 1. The molecule has 0 radical (unpaired) electrons. The lowest BCUT2D eigenvalue weighted by Crippen LogP contribution is -2.24. The minimum atomic E-state index is -4.55. The number of aromatic nitrogens is 2. The highest BCUT2D eigenvalue weighted by atomic mass is 32.2. The monoisotopic (exact) mass is 417 g/mol. The number of benzene rings is 2. The highest BCUT2D eigenvalue weighted by Crippen LogP contribution is 2.35. The first-order valence-electron chi connectivity index (χ1n) is 8.79. The first kappa shape index (κ1) is 20.9. The number of hydrogen-bond donors (Lipinski definition) is 1. The number of nitrogens with zero attached hydrogens (tertiary/aromatic N) is 2. The van der Waals surface area contributed by atoms with E-state index in [4.69, 9.17) is 0 Å². The maximum Gasteiger partial charge on any atom is 0.418 e. The molecule has 0 aliphatic heterocycles. The zero-order valence-electron chi connectivity index (χ0n) is 15.7. The molecule has 3 aromatic rings. The van der Waals surface area contributed by atoms with E-state index in [1.165, 1.54) is 18.2 Å². The van der Waals surface area contributed by atoms with Crippen molar-refractivity contribution in [1.29, 1.82) is 0 Å². The summed E-state index contributed by atoms with van der Waals surface area (Å²) in [5.41, 5.74) is 1.21. The van der Waals surface area contributed by atoms with E-state index in [0.29, 0.717) is 5.16 Å². The Morgan fingerprint density at radius 2 is 1.69 bits per heavy atom. The fourth-order valence-electron chi connectivity index (χ4n) is 2.64. The van der Waals surface area contributed by atoms with Crippen molar-refractivity contribution in [3.8, 4) is 11.3 Å². The normalized spacial score (nSPS) is 12.4. The second kappa shape index (κ2) is 8.65. The summed E-state index contributed by atoms with van der Waals surface area (Å²) in [6, 6.07) is 16.3. The Kier molecular flexibility index (Phi) is 6.22. The van der Waals surface area contributed by atoms with Crippen LogP contribution in [-0.2, 0) is 11.0 Å². The fraction of sp³-hybridized carbons (Fsp3) is 0.190. The van der Waals surface area contributed by atoms with Crippen molar-refractivity contribution in [3.63, 3.8) is 0 Å². The van der Waals surface area contributed by atoms with Gasteiger partial charge in [-0.1, -0.05) is 54.2 Å². The molecule has 0 aliphatic carbocycles. The van der Waals surface area contributed by atoms with E-state index in [1.807, 2.05) is 43.3 Å². The number of amides is 1. The molecule has 0 saturated heterocycles. The van der Waals surface area contributed by atoms with Crippen LogP contribution < -0.4 is 5.32 Å². The Morgan fingerprint density at radius 3 is 2.38 bits per heavy atom. The molecule has 29 heavy (non-hydrogen) atoms. The SMILES string of the molecule is Cc1cc(-c2ccccc2)nc(S[C@@H](C)C(=O)Nc2ccccc2C(F)(F)F)n1. The van der Waals surface area contributed by atoms with Crippen LogP contribution in [0, 0.1) is 6.92 Å². The second-order valence-electron chi connectivity index (χ2n) is 6.34. The predicted octanol–water partition coefficient (Wildman–Crippen LogP) is 5.59. The van der Waals surface area contributed by atoms with Gasteiger partial charge in [-0.05, 0) is 32.0 Å². The van der Waals surface area contributed by atoms with Gasteiger partial charge in [-0.15, -0.1) is 0 Å². The molecule has 0 spiro atoms. The van der Waals surface area contributed by atoms with Gasteiger partial charge in [-0.25, -0.2) is 9.97 Å². The van der Waals surface area contributed by atoms with Crippen molar-refractivity contribution in [2.24, 2.45) is 0 Å². The van der Waals surface area contributed by atoms with Gasteiger partial charge in [-0.3, -0.25) is 4.79 Å². The molecule has 0 unspecified atom stereocenters. The summed E-state index contributed by atoms with van der Waals surface area (Å²) in [6.45, 7) is 3.42. The van der Waals surface area contributed by atoms with Crippen LogP contribution in [0.15, 0.2) is 65.8 Å². The number of alkyl halides is 3. The maximum absolute atomic E-state index is 13.1. The van der Waals surface area contributed by atoms with Gasteiger partial charge >= 0.3 is 6.18 Å². The molecule has 0 bridgehead atoms. The minimum absolute atomic E-state index is 0.271. The summed E-state index contributed by atoms with van der Waals surface area (Å²) < 4.78 is 39.4. The summed E-state index contributed by atoms with van der Waals surface area (Å²) in [6.07, 6.45) is -4.55. The van der Waals surface area contributed by atoms with E-state index < -0.39 is 22.9 Å². The lowest BCUT2D eigenvalue weighted by atomic mass is 10.1. The number of halogens is 3. The number of rotatable bonds is 5. The van der Waals surface area contributed by atoms with Crippen LogP contribution in [0.1, 0.15) is 18.2 Å². The molecule has 1 heterocycles. The van der Waals surface area contributed by atoms with Gasteiger partial charge < -0.3 is 5.32 Å². The molecule has 1 atom stereocenters. The fourth-order valence-corrected chi connectivity index (χ4v) is 3.47. The molecule has 1 amide bonds. The topological polar surface area (TPSA) is 54.9 Å². The van der Waals surface area contributed by atoms with Gasteiger partial charge in [0.25, 0.3) is 0 Å². The number of hydrogen-bond acceptors (Lipinski definition) is 4. The molecule has 150 valence electrons. The molecule has 8 heteroatoms. The number of carbonyl (C=O) groups excluding carboxylic acids is 1. The smallest absolute Gasteiger partial charge is 0.325 e. The van der Waals surface area contributed by atoms with Crippen LogP contribution in [0.2, 0.25) is 0 Å². The summed E-state index contributed by atoms with van der Waals surface area (Å²) in [5.74, 6) is -0.557. The predicted molar refractivity (Wildman–Crippen MR) is 108 cm³/mol. The number of aryl methyl sites for hydroxylation is 1. The lowest BCUT2D eigenvalue weighted by Gasteiger charge is -2.16. The van der Waals surface area contributed by atoms with Crippen molar-refractivity contribution in [2.45, 2.75) is 30.4 Å². The Balaban J connectivity index is 1.77. The number of nitrogens with one attached hydrogen (secondary N) is 1. The molecular formula is C21H18F3N3OS. The van der Waals surface area contributed by atoms with Crippen molar-refractivity contribution >= 4 is 23.4 Å². The van der Waals surface area contributed by atoms with E-state index in [2.05, 4.69) is 15.3 Å². The Bertz CT molecular complexity index is 1010. The standard InChI is InChI=1S/C21H18F3N3OS/c1-13-12-18(15-8-4-3-5-9-15)27-20(25-13)29-14(2)19(28)26-17-11-7-6-10-16(17)21(22,23)24/h3-12,14H,1-2H3,(H,26,28)/t14-/m0/s1. The second-order valence-corrected chi connectivity index (χ2v) is 7.64. The van der Waals surface area contributed by atoms with Crippen molar-refractivity contribution in [1.82, 2.24) is 9.97 Å². The summed E-state index contributed by atoms with van der Waals surface area (Å²) in [4.78, 5) is 21.3. The molecule has 2 aromatic carbocycles. The highest BCUT2D eigenvalue weighted by Gasteiger charge is 2.34. The molecule has 4 nitrogen and oxygen atoms in total. The largest absolute Gasteiger partial charge is 0.418 e. The number of carbonyl (C=O) groups is 1. The summed E-state index contributed by atoms with van der Waals surface area (Å²) in [7, 11) is 0. The van der Waals surface area contributed by atoms with Crippen molar-refractivity contribution < 1.29 is 18.0 Å². The van der Waals surface area contributed by atoms with Crippen LogP contribution in [0.3, 0.4) is 0 Å². The van der Waals surface area contributed by atoms with E-state index in [9.17, 15) is 18.0 Å². The lowest BCUT2D eigenvalue weighted by molar-refractivity contribution is -0.137. The van der Waals surface area contributed by atoms with Crippen molar-refractivity contribution in [3.05, 3.63) is 71.9 Å². The Hall–Kier alpha value is -2.87. The molecular weight excluding hydrogens is 399 g/mol. The van der Waals surface area contributed by atoms with Gasteiger partial charge in [0, 0.05) is 11.3 Å². The Labute approximate surface area is 170 Å². The van der Waals surface area contributed by atoms with Gasteiger partial charge in [0.1, 0.15) is 0 Å². The van der Waals surface area contributed by atoms with Gasteiger partial charge in [0.2, 0.25) is 5.91 Å². The van der Waals surface area contributed by atoms with Crippen LogP contribution in [0.4, 0.5) is 18.9 Å². The zero-order valence-corrected chi connectivity index (χ0v) is 16.5. The van der Waals surface area contributed by atoms with E-state index >= 15 is 0 Å². The van der Waals surface area contributed by atoms with E-state index in [-0.39, 0.29) is 5.69 Å². The maximum atomic E-state index is 13.1. The summed E-state index contributed by atoms with van der Waals surface area (Å²) >= 11 is 1.09. The average Bonchev–Trinajstić information content (AvgIpc) is 2.67. The third-order valence-corrected chi connectivity index (χ3v) is 5.01. The summed E-state index contributed by atoms with van der Waals surface area (Å²) in [5, 5.41) is 2.05. The molecule has 3 rings (SSSR count). The average molecular weight is 417 g/mol. The highest BCUT2D eigenvalue weighted by molar-refractivity contribution is 8.00. The van der Waals surface area contributed by atoms with E-state index in [0.717, 1.165) is 34.8 Å². The molecule has 1 N–H and O–H groups in total. The minimum Gasteiger partial charge on any atom is -0.325 e. The number of para-hydroxylation sites is 1. The van der Waals surface area contributed by atoms with Crippen LogP contribution in [0.5, 0.6) is 0 Å². The first-order chi connectivity index (χ1) is 13.7. The molecule has 1 aromatic heterocycles.